The Balaban J connectivity index is 3.26. The Morgan fingerprint density at radius 1 is 0.783 bits per heavy atom. The molecule has 0 aromatic rings. The molecule has 0 fully saturated rings. The van der Waals surface area contributed by atoms with Gasteiger partial charge in [-0.3, -0.25) is 0 Å². The summed E-state index contributed by atoms with van der Waals surface area (Å²) in [6.07, 6.45) is 17.7. The van der Waals surface area contributed by atoms with Gasteiger partial charge in [-0.2, -0.15) is 0 Å². The number of carbonyl (C=O) groups is 1. The van der Waals surface area contributed by atoms with Gasteiger partial charge in [0.15, 0.2) is 0 Å². The molecule has 4 heteroatoms. The van der Waals surface area contributed by atoms with Crippen LogP contribution < -0.4 is 0 Å². The molecule has 0 bridgehead atoms. The van der Waals surface area contributed by atoms with Gasteiger partial charge >= 0.3 is 5.97 Å². The van der Waals surface area contributed by atoms with Crippen LogP contribution in [0.1, 0.15) is 103 Å². The molecule has 0 aromatic carbocycles. The van der Waals surface area contributed by atoms with Crippen LogP contribution in [-0.2, 0) is 9.53 Å². The lowest BCUT2D eigenvalue weighted by atomic mass is 10.0. The zero-order valence-corrected chi connectivity index (χ0v) is 15.3. The zero-order valence-electron chi connectivity index (χ0n) is 15.3. The number of unbranched alkanes of at least 4 members (excludes halogenated alkanes) is 13. The number of aliphatic carboxylic acids is 1. The van der Waals surface area contributed by atoms with E-state index in [1.807, 2.05) is 0 Å². The summed E-state index contributed by atoms with van der Waals surface area (Å²) in [5.74, 6) is -3.30. The van der Waals surface area contributed by atoms with Crippen molar-refractivity contribution in [2.75, 3.05) is 7.11 Å². The molecule has 1 unspecified atom stereocenters. The van der Waals surface area contributed by atoms with Crippen molar-refractivity contribution in [2.24, 2.45) is 0 Å². The lowest BCUT2D eigenvalue weighted by Crippen LogP contribution is -2.40. The highest BCUT2D eigenvalue weighted by Gasteiger charge is 2.35. The summed E-state index contributed by atoms with van der Waals surface area (Å²) in [6, 6.07) is 0. The molecule has 138 valence electrons. The first kappa shape index (κ1) is 22.4. The third-order valence-electron chi connectivity index (χ3n) is 4.54. The van der Waals surface area contributed by atoms with Gasteiger partial charge in [0, 0.05) is 13.5 Å². The summed E-state index contributed by atoms with van der Waals surface area (Å²) >= 11 is 0. The molecule has 0 aliphatic carbocycles. The Morgan fingerprint density at radius 3 is 1.43 bits per heavy atom. The Morgan fingerprint density at radius 2 is 1.13 bits per heavy atom. The van der Waals surface area contributed by atoms with E-state index in [4.69, 9.17) is 5.11 Å². The third kappa shape index (κ3) is 12.5. The molecule has 0 saturated carbocycles. The third-order valence-corrected chi connectivity index (χ3v) is 4.54. The van der Waals surface area contributed by atoms with E-state index in [0.29, 0.717) is 6.42 Å². The van der Waals surface area contributed by atoms with Crippen molar-refractivity contribution < 1.29 is 19.7 Å². The molecule has 1 atom stereocenters. The molecule has 4 nitrogen and oxygen atoms in total. The van der Waals surface area contributed by atoms with Gasteiger partial charge in [0.1, 0.15) is 0 Å². The normalized spacial score (nSPS) is 13.9. The van der Waals surface area contributed by atoms with Crippen molar-refractivity contribution in [1.82, 2.24) is 0 Å². The van der Waals surface area contributed by atoms with Crippen LogP contribution in [0, 0.1) is 0 Å². The van der Waals surface area contributed by atoms with Gasteiger partial charge in [-0.05, 0) is 6.42 Å². The maximum atomic E-state index is 10.8. The summed E-state index contributed by atoms with van der Waals surface area (Å²) in [4.78, 5) is 10.8. The summed E-state index contributed by atoms with van der Waals surface area (Å²) in [7, 11) is 1.23. The summed E-state index contributed by atoms with van der Waals surface area (Å²) in [6.45, 7) is 2.25. The number of carboxylic acid groups (broad SMARTS) is 1. The average Bonchev–Trinajstić information content (AvgIpc) is 2.54. The lowest BCUT2D eigenvalue weighted by Gasteiger charge is -2.20. The number of ether oxygens (including phenoxy) is 1. The summed E-state index contributed by atoms with van der Waals surface area (Å²) < 4.78 is 4.67. The number of hydrogen-bond donors (Lipinski definition) is 2. The van der Waals surface area contributed by atoms with Gasteiger partial charge in [0.05, 0.1) is 0 Å². The topological polar surface area (TPSA) is 66.8 Å². The molecule has 0 radical (unpaired) electrons. The van der Waals surface area contributed by atoms with Gasteiger partial charge in [-0.25, -0.2) is 4.79 Å². The van der Waals surface area contributed by atoms with Crippen LogP contribution in [0.5, 0.6) is 0 Å². The summed E-state index contributed by atoms with van der Waals surface area (Å²) in [5.41, 5.74) is 0. The smallest absolute Gasteiger partial charge is 0.364 e. The molecule has 0 spiro atoms. The van der Waals surface area contributed by atoms with Crippen LogP contribution in [-0.4, -0.2) is 29.1 Å². The molecule has 2 N–H and O–H groups in total. The number of rotatable bonds is 17. The van der Waals surface area contributed by atoms with Crippen molar-refractivity contribution in [1.29, 1.82) is 0 Å². The monoisotopic (exact) mass is 330 g/mol. The number of hydrogen-bond acceptors (Lipinski definition) is 3. The zero-order chi connectivity index (χ0) is 17.4. The fraction of sp³-hybridized carbons (Fsp3) is 0.947. The largest absolute Gasteiger partial charge is 0.477 e. The van der Waals surface area contributed by atoms with Crippen molar-refractivity contribution in [2.45, 2.75) is 109 Å². The predicted octanol–water partition coefficient (Wildman–Crippen LogP) is 5.28. The molecule has 23 heavy (non-hydrogen) atoms. The van der Waals surface area contributed by atoms with E-state index in [1.54, 1.807) is 0 Å². The predicted molar refractivity (Wildman–Crippen MR) is 94.5 cm³/mol. The molecule has 0 aliphatic rings. The Labute approximate surface area is 142 Å². The van der Waals surface area contributed by atoms with Crippen LogP contribution in [0.15, 0.2) is 0 Å². The van der Waals surface area contributed by atoms with Crippen LogP contribution >= 0.6 is 0 Å². The Hall–Kier alpha value is -0.610. The fourth-order valence-electron chi connectivity index (χ4n) is 2.86. The van der Waals surface area contributed by atoms with E-state index in [-0.39, 0.29) is 6.42 Å². The van der Waals surface area contributed by atoms with Gasteiger partial charge in [0.25, 0.3) is 5.79 Å². The van der Waals surface area contributed by atoms with Gasteiger partial charge in [-0.1, -0.05) is 90.4 Å². The molecule has 0 amide bonds. The van der Waals surface area contributed by atoms with Crippen LogP contribution in [0.25, 0.3) is 0 Å². The lowest BCUT2D eigenvalue weighted by molar-refractivity contribution is -0.216. The highest BCUT2D eigenvalue weighted by atomic mass is 16.6. The van der Waals surface area contributed by atoms with Crippen LogP contribution in [0.2, 0.25) is 0 Å². The number of aliphatic hydroxyl groups is 1. The second-order valence-corrected chi connectivity index (χ2v) is 6.64. The highest BCUT2D eigenvalue weighted by Crippen LogP contribution is 2.18. The second-order valence-electron chi connectivity index (χ2n) is 6.64. The van der Waals surface area contributed by atoms with E-state index in [9.17, 15) is 9.90 Å². The van der Waals surface area contributed by atoms with Crippen molar-refractivity contribution in [3.05, 3.63) is 0 Å². The maximum Gasteiger partial charge on any atom is 0.364 e. The summed E-state index contributed by atoms with van der Waals surface area (Å²) in [5, 5.41) is 18.5. The first-order valence-corrected chi connectivity index (χ1v) is 9.57. The van der Waals surface area contributed by atoms with Crippen LogP contribution in [0.3, 0.4) is 0 Å². The van der Waals surface area contributed by atoms with E-state index >= 15 is 0 Å². The molecular weight excluding hydrogens is 292 g/mol. The maximum absolute atomic E-state index is 10.8. The van der Waals surface area contributed by atoms with E-state index in [1.165, 1.54) is 77.7 Å². The molecule has 0 heterocycles. The number of methoxy groups -OCH3 is 1. The minimum atomic E-state index is -2.00. The Bertz CT molecular complexity index is 281. The number of carboxylic acids is 1. The highest BCUT2D eigenvalue weighted by molar-refractivity contribution is 5.75. The second kappa shape index (κ2) is 14.9. The fourth-order valence-corrected chi connectivity index (χ4v) is 2.86. The Kier molecular flexibility index (Phi) is 14.6. The van der Waals surface area contributed by atoms with E-state index in [0.717, 1.165) is 12.8 Å². The first-order valence-electron chi connectivity index (χ1n) is 9.57. The van der Waals surface area contributed by atoms with Crippen molar-refractivity contribution >= 4 is 5.97 Å². The molecule has 0 saturated heterocycles. The quantitative estimate of drug-likeness (QED) is 0.281. The van der Waals surface area contributed by atoms with Crippen molar-refractivity contribution in [3.63, 3.8) is 0 Å². The van der Waals surface area contributed by atoms with Gasteiger partial charge in [0.2, 0.25) is 0 Å². The molecule has 0 aromatic heterocycles. The minimum absolute atomic E-state index is 0.164. The van der Waals surface area contributed by atoms with E-state index in [2.05, 4.69) is 11.7 Å². The first-order chi connectivity index (χ1) is 11.1. The van der Waals surface area contributed by atoms with E-state index < -0.39 is 11.8 Å². The van der Waals surface area contributed by atoms with Gasteiger partial charge < -0.3 is 14.9 Å². The molecular formula is C19H38O4. The SMILES string of the molecule is CCCCCCCCCCCCCCCCC(O)(OC)C(=O)O. The standard InChI is InChI=1S/C19H38O4/c1-3-4-5-6-7-8-9-10-11-12-13-14-15-16-17-19(22,23-2)18(20)21/h22H,3-17H2,1-2H3,(H,20,21). The molecule has 0 rings (SSSR count). The van der Waals surface area contributed by atoms with Crippen LogP contribution in [0.4, 0.5) is 0 Å². The van der Waals surface area contributed by atoms with Gasteiger partial charge in [-0.15, -0.1) is 0 Å². The minimum Gasteiger partial charge on any atom is -0.477 e. The average molecular weight is 331 g/mol. The molecule has 0 aliphatic heterocycles. The van der Waals surface area contributed by atoms with Crippen molar-refractivity contribution in [3.8, 4) is 0 Å².